The molecule has 0 saturated carbocycles. The van der Waals surface area contributed by atoms with Gasteiger partial charge in [0.15, 0.2) is 5.60 Å². The number of amides is 2. The Morgan fingerprint density at radius 2 is 2.10 bits per heavy atom. The van der Waals surface area contributed by atoms with Gasteiger partial charge in [-0.3, -0.25) is 14.3 Å². The molecule has 0 bridgehead atoms. The van der Waals surface area contributed by atoms with Crippen molar-refractivity contribution in [2.45, 2.75) is 38.3 Å². The van der Waals surface area contributed by atoms with Crippen LogP contribution in [0.25, 0.3) is 10.9 Å². The number of fused-ring (bicyclic) bond motifs is 2. The average Bonchev–Trinajstić information content (AvgIpc) is 3.65. The molecule has 1 aliphatic rings. The van der Waals surface area contributed by atoms with Crippen LogP contribution in [0.2, 0.25) is 0 Å². The third-order valence-corrected chi connectivity index (χ3v) is 7.45. The molecule has 0 fully saturated rings. The Morgan fingerprint density at radius 1 is 1.27 bits per heavy atom. The Hall–Kier alpha value is -4.54. The fourth-order valence-corrected chi connectivity index (χ4v) is 5.31. The number of H-pyrrole nitrogens is 1. The minimum Gasteiger partial charge on any atom is -0.396 e. The van der Waals surface area contributed by atoms with Crippen molar-refractivity contribution in [3.8, 4) is 0 Å². The van der Waals surface area contributed by atoms with Crippen molar-refractivity contribution in [1.29, 1.82) is 0 Å². The topological polar surface area (TPSA) is 136 Å². The molecule has 2 amide bonds. The number of carbonyl (C=O) groups excluding carboxylic acids is 2. The zero-order valence-corrected chi connectivity index (χ0v) is 23.0. The number of aliphatic hydroxyl groups excluding tert-OH is 1. The minimum atomic E-state index is -1.81. The van der Waals surface area contributed by atoms with Crippen LogP contribution in [0.5, 0.6) is 0 Å². The molecule has 4 aromatic rings. The summed E-state index contributed by atoms with van der Waals surface area (Å²) in [5, 5.41) is 32.9. The summed E-state index contributed by atoms with van der Waals surface area (Å²) in [6.45, 7) is 6.40. The standard InChI is InChI=1S/C31H34N6O4/c1-3-14-37-28-12-11-23(33-29(39)17-22-19-32-27-10-5-4-9-25(22)27)18-26(28)31(41,30(37)40)21(2)8-6-7-15-36-20-24(13-16-38)34-35-36/h3-6,8-12,18-21,32,38,41H,1,7,13-17H2,2H3,(H,33,39)/b8-6+/t21-,31+/m1/s1. The van der Waals surface area contributed by atoms with Gasteiger partial charge in [0.05, 0.1) is 17.8 Å². The summed E-state index contributed by atoms with van der Waals surface area (Å²) < 4.78 is 1.70. The van der Waals surface area contributed by atoms with E-state index in [-0.39, 0.29) is 25.5 Å². The molecule has 2 aromatic carbocycles. The fraction of sp³-hybridized carbons (Fsp3) is 0.290. The van der Waals surface area contributed by atoms with Crippen molar-refractivity contribution in [3.63, 3.8) is 0 Å². The lowest BCUT2D eigenvalue weighted by Crippen LogP contribution is -2.44. The van der Waals surface area contributed by atoms with Crippen LogP contribution >= 0.6 is 0 Å². The lowest BCUT2D eigenvalue weighted by Gasteiger charge is -2.27. The second kappa shape index (κ2) is 11.9. The Labute approximate surface area is 238 Å². The number of aromatic amines is 1. The van der Waals surface area contributed by atoms with Crippen molar-refractivity contribution in [3.05, 3.63) is 96.5 Å². The first-order valence-corrected chi connectivity index (χ1v) is 13.7. The van der Waals surface area contributed by atoms with Crippen molar-refractivity contribution in [1.82, 2.24) is 20.0 Å². The number of para-hydroxylation sites is 1. The van der Waals surface area contributed by atoms with E-state index in [0.717, 1.165) is 22.2 Å². The molecule has 0 unspecified atom stereocenters. The molecule has 5 rings (SSSR count). The first-order valence-electron chi connectivity index (χ1n) is 13.7. The lowest BCUT2D eigenvalue weighted by molar-refractivity contribution is -0.139. The third-order valence-electron chi connectivity index (χ3n) is 7.45. The average molecular weight is 555 g/mol. The summed E-state index contributed by atoms with van der Waals surface area (Å²) in [5.74, 6) is -1.19. The summed E-state index contributed by atoms with van der Waals surface area (Å²) >= 11 is 0. The smallest absolute Gasteiger partial charge is 0.264 e. The zero-order chi connectivity index (χ0) is 29.0. The highest BCUT2D eigenvalue weighted by Gasteiger charge is 2.52. The predicted molar refractivity (Wildman–Crippen MR) is 157 cm³/mol. The van der Waals surface area contributed by atoms with Crippen molar-refractivity contribution < 1.29 is 19.8 Å². The Bertz CT molecular complexity index is 1600. The van der Waals surface area contributed by atoms with Crippen molar-refractivity contribution >= 4 is 34.1 Å². The molecule has 0 saturated heterocycles. The number of allylic oxidation sites excluding steroid dienone is 1. The van der Waals surface area contributed by atoms with E-state index in [1.54, 1.807) is 42.1 Å². The van der Waals surface area contributed by atoms with Crippen LogP contribution in [0.4, 0.5) is 11.4 Å². The van der Waals surface area contributed by atoms with Gasteiger partial charge in [0, 0.05) is 66.6 Å². The maximum Gasteiger partial charge on any atom is 0.264 e. The van der Waals surface area contributed by atoms with Gasteiger partial charge in [-0.2, -0.15) is 0 Å². The number of aromatic nitrogens is 4. The predicted octanol–water partition coefficient (Wildman–Crippen LogP) is 3.48. The van der Waals surface area contributed by atoms with Gasteiger partial charge >= 0.3 is 0 Å². The third kappa shape index (κ3) is 5.57. The zero-order valence-electron chi connectivity index (χ0n) is 23.0. The second-order valence-corrected chi connectivity index (χ2v) is 10.2. The highest BCUT2D eigenvalue weighted by molar-refractivity contribution is 6.08. The number of aryl methyl sites for hydroxylation is 1. The van der Waals surface area contributed by atoms with E-state index in [0.29, 0.717) is 36.3 Å². The van der Waals surface area contributed by atoms with Crippen LogP contribution in [-0.2, 0) is 34.6 Å². The summed E-state index contributed by atoms with van der Waals surface area (Å²) in [5.41, 5.74) is 2.29. The Morgan fingerprint density at radius 3 is 2.90 bits per heavy atom. The number of aliphatic hydroxyl groups is 2. The molecule has 0 spiro atoms. The van der Waals surface area contributed by atoms with E-state index < -0.39 is 17.4 Å². The summed E-state index contributed by atoms with van der Waals surface area (Å²) in [4.78, 5) is 31.2. The first kappa shape index (κ1) is 28.0. The van der Waals surface area contributed by atoms with E-state index in [9.17, 15) is 14.7 Å². The quantitative estimate of drug-likeness (QED) is 0.198. The molecule has 10 heteroatoms. The van der Waals surface area contributed by atoms with Gasteiger partial charge in [0.2, 0.25) is 5.91 Å². The largest absolute Gasteiger partial charge is 0.396 e. The van der Waals surface area contributed by atoms with Crippen LogP contribution in [0, 0.1) is 5.92 Å². The van der Waals surface area contributed by atoms with Gasteiger partial charge in [0.25, 0.3) is 5.91 Å². The first-order chi connectivity index (χ1) is 19.8. The Kier molecular flexibility index (Phi) is 8.14. The van der Waals surface area contributed by atoms with Crippen LogP contribution in [0.3, 0.4) is 0 Å². The van der Waals surface area contributed by atoms with Gasteiger partial charge in [-0.05, 0) is 36.2 Å². The molecule has 2 atom stereocenters. The second-order valence-electron chi connectivity index (χ2n) is 10.2. The SMILES string of the molecule is C=CCN1C(=O)[C@](O)([C@H](C)/C=C/CCn2cc(CCO)nn2)c2cc(NC(=O)Cc3c[nH]c4ccccc34)ccc21. The summed E-state index contributed by atoms with van der Waals surface area (Å²) in [6, 6.07) is 13.0. The lowest BCUT2D eigenvalue weighted by atomic mass is 9.82. The number of carbonyl (C=O) groups is 2. The maximum atomic E-state index is 13.6. The van der Waals surface area contributed by atoms with Crippen molar-refractivity contribution in [2.24, 2.45) is 5.92 Å². The molecular weight excluding hydrogens is 520 g/mol. The Balaban J connectivity index is 1.32. The number of benzene rings is 2. The van der Waals surface area contributed by atoms with Gasteiger partial charge in [0.1, 0.15) is 0 Å². The number of anilines is 2. The normalized spacial score (nSPS) is 17.3. The van der Waals surface area contributed by atoms with E-state index in [1.807, 2.05) is 42.6 Å². The molecule has 10 nitrogen and oxygen atoms in total. The number of nitrogens with one attached hydrogen (secondary N) is 2. The summed E-state index contributed by atoms with van der Waals surface area (Å²) in [6.07, 6.45) is 10.2. The molecule has 4 N–H and O–H groups in total. The summed E-state index contributed by atoms with van der Waals surface area (Å²) in [7, 11) is 0. The molecule has 3 heterocycles. The molecule has 41 heavy (non-hydrogen) atoms. The number of nitrogens with zero attached hydrogens (tertiary/aromatic N) is 4. The van der Waals surface area contributed by atoms with Gasteiger partial charge in [-0.25, -0.2) is 0 Å². The molecule has 2 aromatic heterocycles. The molecule has 1 aliphatic heterocycles. The van der Waals surface area contributed by atoms with Crippen LogP contribution in [0.15, 0.2) is 79.7 Å². The van der Waals surface area contributed by atoms with Gasteiger partial charge < -0.3 is 25.4 Å². The maximum absolute atomic E-state index is 13.6. The van der Waals surface area contributed by atoms with Gasteiger partial charge in [-0.1, -0.05) is 48.6 Å². The molecular formula is C31H34N6O4. The number of rotatable bonds is 12. The minimum absolute atomic E-state index is 0.0164. The number of hydrogen-bond donors (Lipinski definition) is 4. The fourth-order valence-electron chi connectivity index (χ4n) is 5.31. The highest BCUT2D eigenvalue weighted by atomic mass is 16.3. The van der Waals surface area contributed by atoms with E-state index in [4.69, 9.17) is 5.11 Å². The molecule has 0 radical (unpaired) electrons. The highest BCUT2D eigenvalue weighted by Crippen LogP contribution is 2.46. The monoisotopic (exact) mass is 554 g/mol. The van der Waals surface area contributed by atoms with E-state index >= 15 is 0 Å². The van der Waals surface area contributed by atoms with E-state index in [2.05, 4.69) is 27.2 Å². The van der Waals surface area contributed by atoms with Crippen LogP contribution in [-0.4, -0.2) is 55.2 Å². The molecule has 212 valence electrons. The molecule has 0 aliphatic carbocycles. The van der Waals surface area contributed by atoms with Crippen molar-refractivity contribution in [2.75, 3.05) is 23.4 Å². The van der Waals surface area contributed by atoms with E-state index in [1.165, 1.54) is 4.90 Å². The van der Waals surface area contributed by atoms with Gasteiger partial charge in [-0.15, -0.1) is 11.7 Å². The van der Waals surface area contributed by atoms with Crippen LogP contribution in [0.1, 0.15) is 30.2 Å². The number of hydrogen-bond acceptors (Lipinski definition) is 6. The van der Waals surface area contributed by atoms with Crippen LogP contribution < -0.4 is 10.2 Å².